The third-order valence-corrected chi connectivity index (χ3v) is 6.37. The number of sulfone groups is 1. The second-order valence-corrected chi connectivity index (χ2v) is 9.26. The Hall–Kier alpha value is -2.04. The highest BCUT2D eigenvalue weighted by atomic mass is 32.2. The summed E-state index contributed by atoms with van der Waals surface area (Å²) in [6.45, 7) is -0.310. The Labute approximate surface area is 159 Å². The molecule has 0 aromatic heterocycles. The molecule has 1 fully saturated rings. The van der Waals surface area contributed by atoms with E-state index in [4.69, 9.17) is 12.2 Å². The number of carbonyl (C=O) groups excluding carboxylic acids is 2. The molecule has 2 amide bonds. The summed E-state index contributed by atoms with van der Waals surface area (Å²) in [5.41, 5.74) is 0.510. The van der Waals surface area contributed by atoms with Gasteiger partial charge in [0.1, 0.15) is 16.7 Å². The van der Waals surface area contributed by atoms with Gasteiger partial charge in [-0.3, -0.25) is 14.5 Å². The maximum atomic E-state index is 13.3. The van der Waals surface area contributed by atoms with Crippen LogP contribution < -0.4 is 5.32 Å². The van der Waals surface area contributed by atoms with Gasteiger partial charge in [0, 0.05) is 5.41 Å². The molecule has 6 nitrogen and oxygen atoms in total. The first-order chi connectivity index (χ1) is 12.2. The number of hydrogen-bond acceptors (Lipinski definition) is 6. The number of nitrogens with one attached hydrogen (secondary N) is 1. The van der Waals surface area contributed by atoms with Crippen molar-refractivity contribution < 1.29 is 22.4 Å². The minimum absolute atomic E-state index is 0.198. The molecule has 0 radical (unpaired) electrons. The molecule has 1 saturated heterocycles. The summed E-state index contributed by atoms with van der Waals surface area (Å²) < 4.78 is 36.2. The van der Waals surface area contributed by atoms with Gasteiger partial charge >= 0.3 is 0 Å². The van der Waals surface area contributed by atoms with Crippen molar-refractivity contribution in [3.8, 4) is 0 Å². The molecule has 136 valence electrons. The smallest absolute Gasteiger partial charge is 0.266 e. The van der Waals surface area contributed by atoms with Crippen LogP contribution in [0.15, 0.2) is 40.7 Å². The predicted molar refractivity (Wildman–Crippen MR) is 101 cm³/mol. The van der Waals surface area contributed by atoms with Crippen molar-refractivity contribution in [1.82, 2.24) is 10.2 Å². The molecular formula is C16H13FN2O4S3. The van der Waals surface area contributed by atoms with Gasteiger partial charge in [-0.15, -0.1) is 0 Å². The van der Waals surface area contributed by atoms with Crippen molar-refractivity contribution >= 4 is 56.0 Å². The summed E-state index contributed by atoms with van der Waals surface area (Å²) >= 11 is 6.16. The molecule has 2 aliphatic rings. The van der Waals surface area contributed by atoms with E-state index in [1.54, 1.807) is 6.07 Å². The molecule has 1 aromatic carbocycles. The summed E-state index contributed by atoms with van der Waals surface area (Å²) in [4.78, 5) is 26.0. The van der Waals surface area contributed by atoms with Crippen LogP contribution in [0.1, 0.15) is 5.56 Å². The Morgan fingerprint density at radius 3 is 2.88 bits per heavy atom. The quantitative estimate of drug-likeness (QED) is 0.595. The van der Waals surface area contributed by atoms with Crippen molar-refractivity contribution in [2.75, 3.05) is 12.3 Å². The van der Waals surface area contributed by atoms with Crippen LogP contribution in [0.2, 0.25) is 0 Å². The van der Waals surface area contributed by atoms with Crippen molar-refractivity contribution in [2.24, 2.45) is 0 Å². The van der Waals surface area contributed by atoms with Gasteiger partial charge in [0.15, 0.2) is 9.84 Å². The highest BCUT2D eigenvalue weighted by molar-refractivity contribution is 8.26. The van der Waals surface area contributed by atoms with E-state index in [2.05, 4.69) is 5.32 Å². The molecule has 0 spiro atoms. The molecular weight excluding hydrogens is 399 g/mol. The molecule has 10 heteroatoms. The lowest BCUT2D eigenvalue weighted by atomic mass is 10.2. The van der Waals surface area contributed by atoms with Gasteiger partial charge in [-0.1, -0.05) is 36.1 Å². The fourth-order valence-corrected chi connectivity index (χ4v) is 4.94. The lowest BCUT2D eigenvalue weighted by molar-refractivity contribution is -0.128. The minimum atomic E-state index is -3.28. The van der Waals surface area contributed by atoms with E-state index in [9.17, 15) is 22.4 Å². The van der Waals surface area contributed by atoms with Gasteiger partial charge in [0.2, 0.25) is 5.91 Å². The van der Waals surface area contributed by atoms with Crippen molar-refractivity contribution in [1.29, 1.82) is 0 Å². The van der Waals surface area contributed by atoms with Gasteiger partial charge in [0.25, 0.3) is 5.91 Å². The van der Waals surface area contributed by atoms with Crippen LogP contribution >= 0.6 is 24.0 Å². The minimum Gasteiger partial charge on any atom is -0.347 e. The Morgan fingerprint density at radius 1 is 1.46 bits per heavy atom. The zero-order chi connectivity index (χ0) is 18.9. The fraction of sp³-hybridized carbons (Fsp3) is 0.188. The van der Waals surface area contributed by atoms with Crippen LogP contribution in [0.5, 0.6) is 0 Å². The summed E-state index contributed by atoms with van der Waals surface area (Å²) in [6.07, 6.45) is 2.90. The zero-order valence-corrected chi connectivity index (χ0v) is 15.7. The monoisotopic (exact) mass is 412 g/mol. The van der Waals surface area contributed by atoms with Crippen LogP contribution in [-0.2, 0) is 19.4 Å². The molecule has 0 saturated carbocycles. The Morgan fingerprint density at radius 2 is 2.23 bits per heavy atom. The van der Waals surface area contributed by atoms with Crippen molar-refractivity contribution in [3.05, 3.63) is 52.0 Å². The van der Waals surface area contributed by atoms with Gasteiger partial charge in [-0.05, 0) is 29.8 Å². The number of thioether (sulfide) groups is 1. The van der Waals surface area contributed by atoms with E-state index >= 15 is 0 Å². The topological polar surface area (TPSA) is 83.6 Å². The SMILES string of the molecule is O=C(CN1C(=O)/C(=C\c2cccc(F)c2)SC1=S)N[C@@H]1C=CS(=O)(=O)C1. The fourth-order valence-electron chi connectivity index (χ4n) is 2.45. The molecule has 1 N–H and O–H groups in total. The van der Waals surface area contributed by atoms with E-state index in [0.717, 1.165) is 22.1 Å². The highest BCUT2D eigenvalue weighted by Gasteiger charge is 2.34. The second kappa shape index (κ2) is 7.29. The molecule has 1 aromatic rings. The van der Waals surface area contributed by atoms with Crippen molar-refractivity contribution in [2.45, 2.75) is 6.04 Å². The Bertz CT molecular complexity index is 956. The van der Waals surface area contributed by atoms with Gasteiger partial charge < -0.3 is 5.32 Å². The maximum absolute atomic E-state index is 13.3. The van der Waals surface area contributed by atoms with Crippen LogP contribution in [0.3, 0.4) is 0 Å². The number of nitrogens with zero attached hydrogens (tertiary/aromatic N) is 1. The summed E-state index contributed by atoms with van der Waals surface area (Å²) in [6, 6.07) is 5.14. The first-order valence-electron chi connectivity index (χ1n) is 7.45. The van der Waals surface area contributed by atoms with Gasteiger partial charge in [-0.2, -0.15) is 0 Å². The van der Waals surface area contributed by atoms with Gasteiger partial charge in [-0.25, -0.2) is 12.8 Å². The summed E-state index contributed by atoms with van der Waals surface area (Å²) in [5.74, 6) is -1.58. The average molecular weight is 412 g/mol. The second-order valence-electron chi connectivity index (χ2n) is 5.65. The van der Waals surface area contributed by atoms with E-state index in [0.29, 0.717) is 5.56 Å². The number of thiocarbonyl (C=S) groups is 1. The third kappa shape index (κ3) is 4.37. The number of hydrogen-bond donors (Lipinski definition) is 1. The number of halogens is 1. The first kappa shape index (κ1) is 18.7. The molecule has 2 heterocycles. The molecule has 0 aliphatic carbocycles. The first-order valence-corrected chi connectivity index (χ1v) is 10.4. The van der Waals surface area contributed by atoms with E-state index in [1.165, 1.54) is 30.4 Å². The Kier molecular flexibility index (Phi) is 5.26. The van der Waals surface area contributed by atoms with Crippen LogP contribution in [-0.4, -0.2) is 47.8 Å². The van der Waals surface area contributed by atoms with E-state index < -0.39 is 33.5 Å². The summed E-state index contributed by atoms with van der Waals surface area (Å²) in [5, 5.41) is 3.59. The number of amides is 2. The molecule has 1 atom stereocenters. The third-order valence-electron chi connectivity index (χ3n) is 3.60. The number of rotatable bonds is 4. The number of carbonyl (C=O) groups is 2. The van der Waals surface area contributed by atoms with Crippen LogP contribution in [0.4, 0.5) is 4.39 Å². The van der Waals surface area contributed by atoms with Crippen molar-refractivity contribution in [3.63, 3.8) is 0 Å². The van der Waals surface area contributed by atoms with Crippen LogP contribution in [0, 0.1) is 5.82 Å². The normalized spacial score (nSPS) is 23.0. The standard InChI is InChI=1S/C16H13FN2O4S3/c17-11-3-1-2-10(6-11)7-13-15(21)19(16(24)25-13)8-14(20)18-12-4-5-26(22,23)9-12/h1-7,12H,8-9H2,(H,18,20)/b13-7+/t12-/m1/s1. The Balaban J connectivity index is 1.66. The predicted octanol–water partition coefficient (Wildman–Crippen LogP) is 1.45. The molecule has 3 rings (SSSR count). The molecule has 2 aliphatic heterocycles. The van der Waals surface area contributed by atoms with E-state index in [1.807, 2.05) is 0 Å². The molecule has 26 heavy (non-hydrogen) atoms. The summed E-state index contributed by atoms with van der Waals surface area (Å²) in [7, 11) is -3.28. The largest absolute Gasteiger partial charge is 0.347 e. The lowest BCUT2D eigenvalue weighted by Gasteiger charge is -2.16. The molecule has 0 bridgehead atoms. The average Bonchev–Trinajstić information content (AvgIpc) is 3.01. The van der Waals surface area contributed by atoms with Crippen LogP contribution in [0.25, 0.3) is 6.08 Å². The zero-order valence-electron chi connectivity index (χ0n) is 13.2. The number of benzene rings is 1. The molecule has 0 unspecified atom stereocenters. The van der Waals surface area contributed by atoms with E-state index in [-0.39, 0.29) is 21.5 Å². The highest BCUT2D eigenvalue weighted by Crippen LogP contribution is 2.32. The van der Waals surface area contributed by atoms with Gasteiger partial charge in [0.05, 0.1) is 16.7 Å². The maximum Gasteiger partial charge on any atom is 0.266 e. The lowest BCUT2D eigenvalue weighted by Crippen LogP contribution is -2.43.